The van der Waals surface area contributed by atoms with E-state index in [0.717, 1.165) is 5.75 Å². The first-order valence-corrected chi connectivity index (χ1v) is 15.7. The highest BCUT2D eigenvalue weighted by Gasteiger charge is 2.26. The fourth-order valence-electron chi connectivity index (χ4n) is 3.71. The summed E-state index contributed by atoms with van der Waals surface area (Å²) in [7, 11) is 0.480. The summed E-state index contributed by atoms with van der Waals surface area (Å²) in [6.45, 7) is 5.83. The highest BCUT2D eigenvalue weighted by Crippen LogP contribution is 2.34. The molecule has 41 heavy (non-hydrogen) atoms. The molecule has 0 saturated heterocycles. The van der Waals surface area contributed by atoms with Gasteiger partial charge in [0.25, 0.3) is 0 Å². The zero-order valence-corrected chi connectivity index (χ0v) is 25.1. The molecule has 222 valence electrons. The number of benzene rings is 1. The van der Waals surface area contributed by atoms with Crippen molar-refractivity contribution >= 4 is 33.1 Å². The number of nitrogens with zero attached hydrogens (tertiary/aromatic N) is 4. The van der Waals surface area contributed by atoms with Gasteiger partial charge in [-0.15, -0.1) is 0 Å². The minimum atomic E-state index is -1.10. The van der Waals surface area contributed by atoms with Crippen LogP contribution in [0.2, 0.25) is 0 Å². The first-order chi connectivity index (χ1) is 19.2. The Kier molecular flexibility index (Phi) is 10.2. The number of amides is 1. The number of hydrogen-bond donors (Lipinski definition) is 1. The molecule has 0 saturated carbocycles. The number of fused-ring (bicyclic) bond motifs is 1. The summed E-state index contributed by atoms with van der Waals surface area (Å²) in [5.41, 5.74) is 0.300. The van der Waals surface area contributed by atoms with Crippen LogP contribution in [-0.4, -0.2) is 76.5 Å². The first-order valence-electron chi connectivity index (χ1n) is 12.7. The van der Waals surface area contributed by atoms with Gasteiger partial charge < -0.3 is 28.8 Å². The first kappa shape index (κ1) is 31.6. The summed E-state index contributed by atoms with van der Waals surface area (Å²) >= 11 is 0. The summed E-state index contributed by atoms with van der Waals surface area (Å²) < 4.78 is 38.4. The van der Waals surface area contributed by atoms with Crippen molar-refractivity contribution in [1.82, 2.24) is 19.9 Å². The van der Waals surface area contributed by atoms with E-state index >= 15 is 4.39 Å². The van der Waals surface area contributed by atoms with Gasteiger partial charge >= 0.3 is 12.1 Å². The zero-order chi connectivity index (χ0) is 30.4. The number of rotatable bonds is 11. The normalized spacial score (nSPS) is 12.9. The molecule has 13 heteroatoms. The summed E-state index contributed by atoms with van der Waals surface area (Å²) in [4.78, 5) is 32.9. The molecule has 0 aliphatic carbocycles. The molecule has 2 heterocycles. The fourth-order valence-corrected chi connectivity index (χ4v) is 4.33. The molecule has 3 aromatic rings. The van der Waals surface area contributed by atoms with Gasteiger partial charge in [0.2, 0.25) is 5.88 Å². The molecule has 1 N–H and O–H groups in total. The Morgan fingerprint density at radius 1 is 1.22 bits per heavy atom. The van der Waals surface area contributed by atoms with Crippen LogP contribution in [0.5, 0.6) is 11.6 Å². The van der Waals surface area contributed by atoms with Gasteiger partial charge in [-0.3, -0.25) is 0 Å². The third-order valence-corrected chi connectivity index (χ3v) is 7.02. The topological polar surface area (TPSA) is 138 Å². The molecule has 1 amide bonds. The van der Waals surface area contributed by atoms with E-state index in [1.807, 2.05) is 0 Å². The fraction of sp³-hybridized carbons (Fsp3) is 0.464. The molecule has 1 atom stereocenters. The van der Waals surface area contributed by atoms with Gasteiger partial charge in [0.1, 0.15) is 30.8 Å². The highest BCUT2D eigenvalue weighted by molar-refractivity contribution is 8.32. The van der Waals surface area contributed by atoms with E-state index in [1.165, 1.54) is 25.6 Å². The summed E-state index contributed by atoms with van der Waals surface area (Å²) in [5.74, 6) is -0.647. The number of halogens is 1. The van der Waals surface area contributed by atoms with Crippen molar-refractivity contribution in [2.45, 2.75) is 45.6 Å². The molecule has 0 bridgehead atoms. The standard InChI is InChI=1S/C28H36FN5O6S/c1-28(2,3)40-27(36)33-21(26(35)37-4)13-18-8-9-22(20(29)12-18)39-25-23-19(14-30)15-34(24(23)31-16-32-25)17-38-10-11-41(5,6)7/h8-9,12,15-16,21H,10-11,13,17H2,1-7H3,(H,33,36)/t21-/m0/s1. The largest absolute Gasteiger partial charge is 0.467 e. The smallest absolute Gasteiger partial charge is 0.408 e. The Bertz CT molecular complexity index is 1440. The minimum Gasteiger partial charge on any atom is -0.467 e. The van der Waals surface area contributed by atoms with Gasteiger partial charge in [0, 0.05) is 18.4 Å². The Labute approximate surface area is 240 Å². The predicted molar refractivity (Wildman–Crippen MR) is 154 cm³/mol. The highest BCUT2D eigenvalue weighted by atomic mass is 32.3. The molecule has 1 aromatic carbocycles. The van der Waals surface area contributed by atoms with Crippen molar-refractivity contribution < 1.29 is 32.9 Å². The van der Waals surface area contributed by atoms with E-state index in [9.17, 15) is 14.9 Å². The van der Waals surface area contributed by atoms with Crippen LogP contribution in [0.3, 0.4) is 0 Å². The van der Waals surface area contributed by atoms with Gasteiger partial charge in [0.05, 0.1) is 24.7 Å². The van der Waals surface area contributed by atoms with Crippen LogP contribution in [0.1, 0.15) is 31.9 Å². The lowest BCUT2D eigenvalue weighted by Crippen LogP contribution is -2.45. The summed E-state index contributed by atoms with van der Waals surface area (Å²) in [5, 5.41) is 12.5. The second-order valence-electron chi connectivity index (χ2n) is 11.1. The maximum Gasteiger partial charge on any atom is 0.408 e. The number of methoxy groups -OCH3 is 1. The quantitative estimate of drug-likeness (QED) is 0.253. The summed E-state index contributed by atoms with van der Waals surface area (Å²) in [6.07, 6.45) is 8.62. The van der Waals surface area contributed by atoms with Crippen molar-refractivity contribution in [2.75, 3.05) is 38.2 Å². The number of ether oxygens (including phenoxy) is 4. The predicted octanol–water partition coefficient (Wildman–Crippen LogP) is 4.51. The molecule has 11 nitrogen and oxygen atoms in total. The lowest BCUT2D eigenvalue weighted by atomic mass is 10.1. The molecule has 3 rings (SSSR count). The van der Waals surface area contributed by atoms with Gasteiger partial charge in [-0.25, -0.2) is 34.0 Å². The summed E-state index contributed by atoms with van der Waals surface area (Å²) in [6, 6.07) is 5.11. The molecule has 0 aliphatic rings. The van der Waals surface area contributed by atoms with Crippen LogP contribution < -0.4 is 10.1 Å². The lowest BCUT2D eigenvalue weighted by molar-refractivity contribution is -0.143. The van der Waals surface area contributed by atoms with E-state index in [2.05, 4.69) is 40.1 Å². The zero-order valence-electron chi connectivity index (χ0n) is 24.3. The molecule has 0 aliphatic heterocycles. The molecule has 0 radical (unpaired) electrons. The number of nitriles is 1. The lowest BCUT2D eigenvalue weighted by Gasteiger charge is -2.24. The van der Waals surface area contributed by atoms with Crippen LogP contribution in [0, 0.1) is 17.1 Å². The van der Waals surface area contributed by atoms with Crippen LogP contribution in [0.25, 0.3) is 11.0 Å². The van der Waals surface area contributed by atoms with E-state index in [0.29, 0.717) is 23.2 Å². The van der Waals surface area contributed by atoms with Crippen molar-refractivity contribution in [3.63, 3.8) is 0 Å². The van der Waals surface area contributed by atoms with Crippen molar-refractivity contribution in [1.29, 1.82) is 5.26 Å². The van der Waals surface area contributed by atoms with E-state index < -0.39 is 39.6 Å². The number of carbonyl (C=O) groups excluding carboxylic acids is 2. The van der Waals surface area contributed by atoms with Crippen LogP contribution in [0.15, 0.2) is 30.7 Å². The average Bonchev–Trinajstić information content (AvgIpc) is 3.24. The van der Waals surface area contributed by atoms with Crippen molar-refractivity contribution in [3.05, 3.63) is 47.7 Å². The van der Waals surface area contributed by atoms with Gasteiger partial charge in [0.15, 0.2) is 17.2 Å². The average molecular weight is 590 g/mol. The van der Waals surface area contributed by atoms with Crippen LogP contribution in [0.4, 0.5) is 9.18 Å². The van der Waals surface area contributed by atoms with Crippen molar-refractivity contribution in [3.8, 4) is 17.7 Å². The number of aromatic nitrogens is 3. The number of carbonyl (C=O) groups is 2. The molecule has 2 aromatic heterocycles. The minimum absolute atomic E-state index is 0.00937. The maximum atomic E-state index is 15.2. The van der Waals surface area contributed by atoms with E-state index in [-0.39, 0.29) is 30.3 Å². The number of alkyl carbamates (subject to hydrolysis) is 1. The Morgan fingerprint density at radius 3 is 2.56 bits per heavy atom. The Hall–Kier alpha value is -3.89. The van der Waals surface area contributed by atoms with Gasteiger partial charge in [-0.2, -0.15) is 5.26 Å². The number of esters is 1. The molecule has 0 spiro atoms. The van der Waals surface area contributed by atoms with Crippen LogP contribution in [-0.2, 0) is 32.2 Å². The second-order valence-corrected chi connectivity index (χ2v) is 15.7. The number of nitrogens with one attached hydrogen (secondary N) is 1. The SMILES string of the molecule is COC(=O)[C@H](Cc1ccc(Oc2ncnc3c2c(C#N)cn3COCCS(C)(C)C)c(F)c1)NC(=O)OC(C)(C)C. The molecular weight excluding hydrogens is 553 g/mol. The van der Waals surface area contributed by atoms with E-state index in [4.69, 9.17) is 18.9 Å². The molecule has 0 fully saturated rings. The Morgan fingerprint density at radius 2 is 1.95 bits per heavy atom. The van der Waals surface area contributed by atoms with Crippen LogP contribution >= 0.6 is 10.0 Å². The third-order valence-electron chi connectivity index (χ3n) is 5.63. The van der Waals surface area contributed by atoms with Gasteiger partial charge in [-0.1, -0.05) is 6.07 Å². The number of hydrogen-bond acceptors (Lipinski definition) is 9. The van der Waals surface area contributed by atoms with E-state index in [1.54, 1.807) is 37.6 Å². The van der Waals surface area contributed by atoms with Crippen molar-refractivity contribution in [2.24, 2.45) is 0 Å². The van der Waals surface area contributed by atoms with Gasteiger partial charge in [-0.05, 0) is 57.2 Å². The monoisotopic (exact) mass is 589 g/mol. The maximum absolute atomic E-state index is 15.2. The second kappa shape index (κ2) is 13.2. The Balaban J connectivity index is 1.79. The third kappa shape index (κ3) is 9.06. The molecule has 0 unspecified atom stereocenters. The molecular formula is C28H36FN5O6S.